The molecule has 1 spiro atoms. The highest BCUT2D eigenvalue weighted by molar-refractivity contribution is 6.01. The predicted octanol–water partition coefficient (Wildman–Crippen LogP) is 3.51. The third-order valence-electron chi connectivity index (χ3n) is 9.29. The van der Waals surface area contributed by atoms with Crippen LogP contribution in [0.1, 0.15) is 53.9 Å². The first-order chi connectivity index (χ1) is 13.9. The van der Waals surface area contributed by atoms with Crippen molar-refractivity contribution in [2.75, 3.05) is 0 Å². The summed E-state index contributed by atoms with van der Waals surface area (Å²) in [5, 5.41) is 0. The summed E-state index contributed by atoms with van der Waals surface area (Å²) in [5.41, 5.74) is -2.57. The molecule has 5 aliphatic rings. The van der Waals surface area contributed by atoms with Crippen LogP contribution in [-0.4, -0.2) is 41.0 Å². The molecule has 0 radical (unpaired) electrons. The Balaban J connectivity index is 1.64. The summed E-state index contributed by atoms with van der Waals surface area (Å²) < 4.78 is 27.7. The Hall–Kier alpha value is -1.82. The lowest BCUT2D eigenvalue weighted by atomic mass is 9.46. The van der Waals surface area contributed by atoms with Gasteiger partial charge in [0.1, 0.15) is 11.8 Å². The largest absolute Gasteiger partial charge is 0.450 e. The molecule has 4 aliphatic carbocycles. The van der Waals surface area contributed by atoms with Gasteiger partial charge in [0.25, 0.3) is 0 Å². The number of rotatable bonds is 2. The molecule has 4 fully saturated rings. The second-order valence-electron chi connectivity index (χ2n) is 10.5. The van der Waals surface area contributed by atoms with Crippen LogP contribution < -0.4 is 0 Å². The average molecular weight is 416 g/mol. The Kier molecular flexibility index (Phi) is 3.82. The van der Waals surface area contributed by atoms with Crippen LogP contribution in [0.4, 0.5) is 4.39 Å². The van der Waals surface area contributed by atoms with E-state index < -0.39 is 34.2 Å². The first kappa shape index (κ1) is 20.1. The zero-order chi connectivity index (χ0) is 21.9. The highest BCUT2D eigenvalue weighted by Gasteiger charge is 2.83. The van der Waals surface area contributed by atoms with Crippen LogP contribution in [0.25, 0.3) is 0 Å². The third-order valence-corrected chi connectivity index (χ3v) is 9.29. The maximum Gasteiger partial charge on any atom is 0.303 e. The summed E-state index contributed by atoms with van der Waals surface area (Å²) in [5.74, 6) is -1.09. The van der Waals surface area contributed by atoms with E-state index in [4.69, 9.17) is 9.47 Å². The number of hydrogen-bond donors (Lipinski definition) is 0. The van der Waals surface area contributed by atoms with Crippen molar-refractivity contribution in [3.8, 4) is 0 Å². The summed E-state index contributed by atoms with van der Waals surface area (Å²) in [7, 11) is 0. The van der Waals surface area contributed by atoms with Crippen molar-refractivity contribution < 1.29 is 28.2 Å². The van der Waals surface area contributed by atoms with Gasteiger partial charge in [-0.3, -0.25) is 14.4 Å². The van der Waals surface area contributed by atoms with Gasteiger partial charge in [-0.15, -0.1) is 0 Å². The number of ketones is 2. The minimum absolute atomic E-state index is 0.0165. The van der Waals surface area contributed by atoms with Gasteiger partial charge >= 0.3 is 5.97 Å². The van der Waals surface area contributed by atoms with Crippen molar-refractivity contribution >= 4 is 17.5 Å². The Labute approximate surface area is 176 Å². The standard InChI is InChI=1S/C24H29FO5/c1-12-8-16-17-10-19(25)18-9-15(28)6-7-21(18,4)24(17)20(30-24)11-22(16,5)23(12,13(2)26)29-14(3)27/h6-7,9,12,16-17,19-20H,8,10-11H2,1-5H3/t12-,16-,17-,19-,20-,21-,22-,23-,24+/m0/s1. The lowest BCUT2D eigenvalue weighted by Gasteiger charge is -2.56. The molecule has 0 aromatic heterocycles. The van der Waals surface area contributed by atoms with Gasteiger partial charge in [0.15, 0.2) is 17.2 Å². The van der Waals surface area contributed by atoms with Gasteiger partial charge in [-0.1, -0.05) is 19.9 Å². The van der Waals surface area contributed by atoms with E-state index in [2.05, 4.69) is 0 Å². The predicted molar refractivity (Wildman–Crippen MR) is 106 cm³/mol. The molecule has 30 heavy (non-hydrogen) atoms. The lowest BCUT2D eigenvalue weighted by Crippen LogP contribution is -2.63. The van der Waals surface area contributed by atoms with Gasteiger partial charge in [0.05, 0.1) is 6.10 Å². The number of esters is 1. The van der Waals surface area contributed by atoms with E-state index >= 15 is 4.39 Å². The number of epoxide rings is 1. The van der Waals surface area contributed by atoms with E-state index in [1.54, 1.807) is 0 Å². The third kappa shape index (κ3) is 2.00. The fourth-order valence-electron chi connectivity index (χ4n) is 8.23. The van der Waals surface area contributed by atoms with E-state index in [-0.39, 0.29) is 41.8 Å². The monoisotopic (exact) mass is 416 g/mol. The minimum Gasteiger partial charge on any atom is -0.450 e. The van der Waals surface area contributed by atoms with Crippen LogP contribution in [0.15, 0.2) is 23.8 Å². The fraction of sp³-hybridized carbons (Fsp3) is 0.708. The number of fused-ring (bicyclic) bond motifs is 3. The zero-order valence-corrected chi connectivity index (χ0v) is 18.2. The number of carbonyl (C=O) groups excluding carboxylic acids is 3. The van der Waals surface area contributed by atoms with Crippen molar-refractivity contribution in [2.24, 2.45) is 28.6 Å². The second kappa shape index (κ2) is 5.70. The van der Waals surface area contributed by atoms with Gasteiger partial charge in [0.2, 0.25) is 0 Å². The highest BCUT2D eigenvalue weighted by atomic mass is 19.1. The van der Waals surface area contributed by atoms with Crippen LogP contribution in [0.3, 0.4) is 0 Å². The van der Waals surface area contributed by atoms with Gasteiger partial charge in [0, 0.05) is 23.7 Å². The first-order valence-corrected chi connectivity index (χ1v) is 10.9. The van der Waals surface area contributed by atoms with E-state index in [0.717, 1.165) is 0 Å². The summed E-state index contributed by atoms with van der Waals surface area (Å²) in [4.78, 5) is 37.0. The van der Waals surface area contributed by atoms with E-state index in [0.29, 0.717) is 18.4 Å². The smallest absolute Gasteiger partial charge is 0.303 e. The van der Waals surface area contributed by atoms with Crippen molar-refractivity contribution in [1.82, 2.24) is 0 Å². The molecule has 0 unspecified atom stereocenters. The molecule has 0 N–H and O–H groups in total. The molecule has 0 aromatic carbocycles. The number of ether oxygens (including phenoxy) is 2. The number of carbonyl (C=O) groups is 3. The molecular weight excluding hydrogens is 387 g/mol. The quantitative estimate of drug-likeness (QED) is 0.509. The van der Waals surface area contributed by atoms with Crippen molar-refractivity contribution in [3.05, 3.63) is 23.8 Å². The number of hydrogen-bond acceptors (Lipinski definition) is 5. The molecule has 1 aliphatic heterocycles. The Morgan fingerprint density at radius 1 is 1.20 bits per heavy atom. The Morgan fingerprint density at radius 2 is 1.90 bits per heavy atom. The normalized spacial score (nSPS) is 53.1. The fourth-order valence-corrected chi connectivity index (χ4v) is 8.23. The van der Waals surface area contributed by atoms with Crippen LogP contribution >= 0.6 is 0 Å². The number of allylic oxidation sites excluding steroid dienone is 2. The van der Waals surface area contributed by atoms with Gasteiger partial charge in [-0.2, -0.15) is 0 Å². The molecule has 0 aromatic rings. The maximum atomic E-state index is 15.5. The summed E-state index contributed by atoms with van der Waals surface area (Å²) in [6.07, 6.45) is 4.91. The molecular formula is C24H29FO5. The maximum absolute atomic E-state index is 15.5. The molecule has 0 amide bonds. The van der Waals surface area contributed by atoms with Crippen LogP contribution in [0.5, 0.6) is 0 Å². The molecule has 3 saturated carbocycles. The van der Waals surface area contributed by atoms with E-state index in [9.17, 15) is 14.4 Å². The Morgan fingerprint density at radius 3 is 2.53 bits per heavy atom. The molecule has 1 saturated heterocycles. The minimum atomic E-state index is -1.23. The van der Waals surface area contributed by atoms with Crippen molar-refractivity contribution in [3.63, 3.8) is 0 Å². The van der Waals surface area contributed by atoms with E-state index in [1.807, 2.05) is 26.8 Å². The van der Waals surface area contributed by atoms with Crippen molar-refractivity contribution in [2.45, 2.75) is 77.4 Å². The molecule has 5 rings (SSSR count). The van der Waals surface area contributed by atoms with Crippen LogP contribution in [-0.2, 0) is 23.9 Å². The second-order valence-corrected chi connectivity index (χ2v) is 10.5. The van der Waals surface area contributed by atoms with Gasteiger partial charge < -0.3 is 9.47 Å². The molecule has 5 nitrogen and oxygen atoms in total. The SMILES string of the molecule is CC(=O)O[C@]1(C(C)=O)[C@@H](C)C[C@H]2[C@@H]3C[C@H](F)C4=CC(=O)C=C[C@]4(C)[C@@]34O[C@H]4C[C@@]21C. The topological polar surface area (TPSA) is 73.0 Å². The first-order valence-electron chi connectivity index (χ1n) is 10.9. The number of alkyl halides is 1. The average Bonchev–Trinajstić information content (AvgIpc) is 3.32. The summed E-state index contributed by atoms with van der Waals surface area (Å²) in [6, 6.07) is 0. The zero-order valence-electron chi connectivity index (χ0n) is 18.2. The van der Waals surface area contributed by atoms with Crippen LogP contribution in [0, 0.1) is 28.6 Å². The molecule has 9 atom stereocenters. The number of halogens is 1. The number of Topliss-reactive ketones (excluding diaryl/α,β-unsaturated/α-hetero) is 1. The molecule has 1 heterocycles. The molecule has 0 bridgehead atoms. The summed E-state index contributed by atoms with van der Waals surface area (Å²) >= 11 is 0. The van der Waals surface area contributed by atoms with E-state index in [1.165, 1.54) is 26.0 Å². The van der Waals surface area contributed by atoms with Crippen molar-refractivity contribution in [1.29, 1.82) is 0 Å². The molecule has 162 valence electrons. The van der Waals surface area contributed by atoms with Crippen LogP contribution in [0.2, 0.25) is 0 Å². The van der Waals surface area contributed by atoms with Gasteiger partial charge in [-0.25, -0.2) is 4.39 Å². The molecule has 6 heteroatoms. The summed E-state index contributed by atoms with van der Waals surface area (Å²) in [6.45, 7) is 8.81. The Bertz CT molecular complexity index is 938. The van der Waals surface area contributed by atoms with Gasteiger partial charge in [-0.05, 0) is 62.7 Å². The lowest BCUT2D eigenvalue weighted by molar-refractivity contribution is -0.189. The highest BCUT2D eigenvalue weighted by Crippen LogP contribution is 2.77.